The summed E-state index contributed by atoms with van der Waals surface area (Å²) in [5.74, 6) is 0.356. The number of H-pyrrole nitrogens is 2. The molecule has 0 saturated carbocycles. The van der Waals surface area contributed by atoms with E-state index >= 15 is 0 Å². The fraction of sp³-hybridized carbons (Fsp3) is 0.188. The predicted octanol–water partition coefficient (Wildman–Crippen LogP) is 5.76. The summed E-state index contributed by atoms with van der Waals surface area (Å²) in [6.45, 7) is 0.205. The maximum absolute atomic E-state index is 14.5. The van der Waals surface area contributed by atoms with Crippen LogP contribution in [0, 0.1) is 11.6 Å². The lowest BCUT2D eigenvalue weighted by Crippen LogP contribution is -2.09. The number of aldehydes is 2. The second-order valence-corrected chi connectivity index (χ2v) is 10.00. The van der Waals surface area contributed by atoms with E-state index in [2.05, 4.69) is 19.9 Å². The second kappa shape index (κ2) is 12.4. The first kappa shape index (κ1) is 28.6. The number of aromatic nitrogens is 4. The van der Waals surface area contributed by atoms with E-state index in [0.717, 1.165) is 34.4 Å². The lowest BCUT2D eigenvalue weighted by Gasteiger charge is -2.16. The van der Waals surface area contributed by atoms with Gasteiger partial charge in [0.05, 0.1) is 35.0 Å². The van der Waals surface area contributed by atoms with E-state index in [1.54, 1.807) is 0 Å². The Balaban J connectivity index is 1.13. The Hall–Kier alpha value is -5.52. The number of imidazole rings is 2. The number of aryl methyl sites for hydroxylation is 1. The van der Waals surface area contributed by atoms with Gasteiger partial charge in [-0.1, -0.05) is 12.1 Å². The summed E-state index contributed by atoms with van der Waals surface area (Å²) < 4.78 is 51.4. The van der Waals surface area contributed by atoms with Crippen LogP contribution in [0.1, 0.15) is 50.2 Å². The highest BCUT2D eigenvalue weighted by molar-refractivity contribution is 5.78. The van der Waals surface area contributed by atoms with Gasteiger partial charge in [0.25, 0.3) is 0 Å². The number of nitrogens with zero attached hydrogens (tertiary/aromatic N) is 2. The highest BCUT2D eigenvalue weighted by Crippen LogP contribution is 2.33. The van der Waals surface area contributed by atoms with Crippen LogP contribution < -0.4 is 18.9 Å². The topological polar surface area (TPSA) is 128 Å². The van der Waals surface area contributed by atoms with E-state index < -0.39 is 11.6 Å². The first-order valence-corrected chi connectivity index (χ1v) is 13.6. The van der Waals surface area contributed by atoms with Crippen LogP contribution in [0.3, 0.4) is 0 Å². The molecule has 0 atom stereocenters. The summed E-state index contributed by atoms with van der Waals surface area (Å²) in [6, 6.07) is 12.3. The van der Waals surface area contributed by atoms with Crippen molar-refractivity contribution in [2.45, 2.75) is 26.1 Å². The number of ether oxygens (including phenoxy) is 4. The van der Waals surface area contributed by atoms with Crippen LogP contribution in [0.15, 0.2) is 54.1 Å². The first-order valence-electron chi connectivity index (χ1n) is 13.6. The SMILES string of the molecule is COc1cc(C=O)c(F)cc1OCc1nc2c([nH]1)CCC(COc1cc(C=O)c(F)cc1OCc1nc3ccccc3[nH]1)=C2. The van der Waals surface area contributed by atoms with Gasteiger partial charge < -0.3 is 28.9 Å². The minimum Gasteiger partial charge on any atom is -0.493 e. The van der Waals surface area contributed by atoms with Crippen LogP contribution in [0.5, 0.6) is 23.0 Å². The number of fused-ring (bicyclic) bond motifs is 2. The van der Waals surface area contributed by atoms with Gasteiger partial charge in [-0.05, 0) is 48.8 Å². The van der Waals surface area contributed by atoms with Crippen LogP contribution in [0.4, 0.5) is 8.78 Å². The molecular formula is C32H26F2N4O6. The van der Waals surface area contributed by atoms with Gasteiger partial charge in [-0.25, -0.2) is 18.7 Å². The number of rotatable bonds is 12. The number of hydrogen-bond donors (Lipinski definition) is 2. The van der Waals surface area contributed by atoms with Crippen molar-refractivity contribution in [3.8, 4) is 23.0 Å². The molecule has 0 aliphatic heterocycles. The Morgan fingerprint density at radius 3 is 2.07 bits per heavy atom. The average Bonchev–Trinajstić information content (AvgIpc) is 3.65. The fourth-order valence-electron chi connectivity index (χ4n) is 4.84. The number of aromatic amines is 2. The second-order valence-electron chi connectivity index (χ2n) is 10.00. The lowest BCUT2D eigenvalue weighted by atomic mass is 10.0. The van der Waals surface area contributed by atoms with Crippen molar-refractivity contribution in [2.75, 3.05) is 13.7 Å². The number of nitrogens with one attached hydrogen (secondary N) is 2. The first-order chi connectivity index (χ1) is 21.4. The monoisotopic (exact) mass is 600 g/mol. The highest BCUT2D eigenvalue weighted by Gasteiger charge is 2.19. The molecule has 1 aliphatic carbocycles. The summed E-state index contributed by atoms with van der Waals surface area (Å²) in [5, 5.41) is 0. The Morgan fingerprint density at radius 2 is 1.39 bits per heavy atom. The molecule has 0 amide bonds. The van der Waals surface area contributed by atoms with Crippen molar-refractivity contribution in [1.29, 1.82) is 0 Å². The van der Waals surface area contributed by atoms with Gasteiger partial charge in [0.1, 0.15) is 43.1 Å². The van der Waals surface area contributed by atoms with Crippen LogP contribution in [-0.2, 0) is 19.6 Å². The van der Waals surface area contributed by atoms with Crippen molar-refractivity contribution in [3.63, 3.8) is 0 Å². The fourth-order valence-corrected chi connectivity index (χ4v) is 4.84. The number of benzene rings is 3. The van der Waals surface area contributed by atoms with Gasteiger partial charge in [-0.2, -0.15) is 0 Å². The Kier molecular flexibility index (Phi) is 8.04. The number of halogens is 2. The molecule has 5 aromatic rings. The normalized spacial score (nSPS) is 12.4. The predicted molar refractivity (Wildman–Crippen MR) is 155 cm³/mol. The standard InChI is InChI=1S/C32H26F2N4O6/c1-41-27-9-19(13-39)21(33)11-29(27)43-17-32-37-25-7-6-18(8-26(25)38-32)15-42-28-10-20(14-40)22(34)12-30(28)44-16-31-35-23-4-2-3-5-24(23)36-31/h2-5,8-14H,6-7,15-17H2,1H3,(H,35,36)(H,37,38). The molecule has 2 N–H and O–H groups in total. The maximum atomic E-state index is 14.5. The quantitative estimate of drug-likeness (QED) is 0.173. The number of para-hydroxylation sites is 2. The third-order valence-corrected chi connectivity index (χ3v) is 7.08. The Bertz CT molecular complexity index is 1860. The molecule has 1 aliphatic rings. The van der Waals surface area contributed by atoms with E-state index in [1.165, 1.54) is 19.2 Å². The van der Waals surface area contributed by atoms with Crippen molar-refractivity contribution < 1.29 is 37.3 Å². The van der Waals surface area contributed by atoms with Crippen molar-refractivity contribution >= 4 is 29.7 Å². The van der Waals surface area contributed by atoms with Gasteiger partial charge in [-0.15, -0.1) is 0 Å². The molecule has 0 saturated heterocycles. The van der Waals surface area contributed by atoms with E-state index in [4.69, 9.17) is 18.9 Å². The third kappa shape index (κ3) is 6.00. The van der Waals surface area contributed by atoms with E-state index in [1.807, 2.05) is 30.3 Å². The molecule has 6 rings (SSSR count). The van der Waals surface area contributed by atoms with Gasteiger partial charge in [0.15, 0.2) is 35.6 Å². The zero-order valence-electron chi connectivity index (χ0n) is 23.5. The van der Waals surface area contributed by atoms with Crippen molar-refractivity contribution in [2.24, 2.45) is 0 Å². The molecule has 0 radical (unpaired) electrons. The Labute approximate surface area is 249 Å². The summed E-state index contributed by atoms with van der Waals surface area (Å²) in [6.07, 6.45) is 4.03. The summed E-state index contributed by atoms with van der Waals surface area (Å²) >= 11 is 0. The summed E-state index contributed by atoms with van der Waals surface area (Å²) in [7, 11) is 1.40. The molecule has 2 heterocycles. The molecule has 44 heavy (non-hydrogen) atoms. The van der Waals surface area contributed by atoms with Crippen LogP contribution in [0.2, 0.25) is 0 Å². The van der Waals surface area contributed by atoms with E-state index in [-0.39, 0.29) is 53.9 Å². The molecule has 0 bridgehead atoms. The van der Waals surface area contributed by atoms with Gasteiger partial charge in [-0.3, -0.25) is 9.59 Å². The number of carbonyl (C=O) groups excluding carboxylic acids is 2. The van der Waals surface area contributed by atoms with E-state index in [9.17, 15) is 18.4 Å². The van der Waals surface area contributed by atoms with Crippen LogP contribution in [0.25, 0.3) is 17.1 Å². The summed E-state index contributed by atoms with van der Waals surface area (Å²) in [5.41, 5.74) is 3.89. The zero-order valence-corrected chi connectivity index (χ0v) is 23.5. The third-order valence-electron chi connectivity index (χ3n) is 7.08. The molecule has 3 aromatic carbocycles. The van der Waals surface area contributed by atoms with Crippen molar-refractivity contribution in [3.05, 3.63) is 99.9 Å². The molecule has 2 aromatic heterocycles. The summed E-state index contributed by atoms with van der Waals surface area (Å²) in [4.78, 5) is 37.9. The smallest absolute Gasteiger partial charge is 0.164 e. The zero-order chi connectivity index (χ0) is 30.6. The van der Waals surface area contributed by atoms with Crippen molar-refractivity contribution in [1.82, 2.24) is 19.9 Å². The van der Waals surface area contributed by atoms with E-state index in [0.29, 0.717) is 42.8 Å². The number of carbonyl (C=O) groups is 2. The number of methoxy groups -OCH3 is 1. The molecule has 224 valence electrons. The molecule has 0 fully saturated rings. The van der Waals surface area contributed by atoms with Gasteiger partial charge >= 0.3 is 0 Å². The van der Waals surface area contributed by atoms with Crippen LogP contribution in [-0.4, -0.2) is 46.2 Å². The maximum Gasteiger partial charge on any atom is 0.164 e. The highest BCUT2D eigenvalue weighted by atomic mass is 19.1. The van der Waals surface area contributed by atoms with Gasteiger partial charge in [0, 0.05) is 17.8 Å². The Morgan fingerprint density at radius 1 is 0.773 bits per heavy atom. The van der Waals surface area contributed by atoms with Crippen LogP contribution >= 0.6 is 0 Å². The molecule has 12 heteroatoms. The lowest BCUT2D eigenvalue weighted by molar-refractivity contribution is 0.111. The molecule has 0 unspecified atom stereocenters. The number of hydrogen-bond acceptors (Lipinski definition) is 8. The molecular weight excluding hydrogens is 574 g/mol. The minimum atomic E-state index is -0.722. The molecule has 0 spiro atoms. The molecule has 10 nitrogen and oxygen atoms in total. The van der Waals surface area contributed by atoms with Gasteiger partial charge in [0.2, 0.25) is 0 Å². The average molecular weight is 601 g/mol. The largest absolute Gasteiger partial charge is 0.493 e. The minimum absolute atomic E-state index is 0.0128.